The molecule has 5 rings (SSSR count). The SMILES string of the molecule is CN(C)CCNCc1ccc(-c2cc3ccnc(Nc4ccc5[nH]ccc5c4)c3s2)cc1. The summed E-state index contributed by atoms with van der Waals surface area (Å²) in [5, 5.41) is 9.40. The Labute approximate surface area is 192 Å². The molecule has 0 aliphatic rings. The van der Waals surface area contributed by atoms with Crippen LogP contribution >= 0.6 is 11.3 Å². The number of hydrogen-bond acceptors (Lipinski definition) is 5. The lowest BCUT2D eigenvalue weighted by atomic mass is 10.1. The molecular weight excluding hydrogens is 414 g/mol. The Balaban J connectivity index is 1.34. The second kappa shape index (κ2) is 9.12. The molecule has 5 aromatic rings. The van der Waals surface area contributed by atoms with E-state index >= 15 is 0 Å². The zero-order valence-corrected chi connectivity index (χ0v) is 19.2. The lowest BCUT2D eigenvalue weighted by Gasteiger charge is -2.10. The van der Waals surface area contributed by atoms with Crippen molar-refractivity contribution >= 4 is 43.8 Å². The fourth-order valence-corrected chi connectivity index (χ4v) is 4.89. The number of likely N-dealkylation sites (N-methyl/N-ethyl adjacent to an activating group) is 1. The monoisotopic (exact) mass is 441 g/mol. The fourth-order valence-electron chi connectivity index (χ4n) is 3.79. The van der Waals surface area contributed by atoms with Gasteiger partial charge in [0.15, 0.2) is 0 Å². The topological polar surface area (TPSA) is 56.0 Å². The summed E-state index contributed by atoms with van der Waals surface area (Å²) in [5.74, 6) is 0.898. The molecule has 0 spiro atoms. The molecule has 0 saturated heterocycles. The number of H-pyrrole nitrogens is 1. The molecule has 0 unspecified atom stereocenters. The van der Waals surface area contributed by atoms with Crippen LogP contribution in [0.5, 0.6) is 0 Å². The predicted molar refractivity (Wildman–Crippen MR) is 137 cm³/mol. The van der Waals surface area contributed by atoms with Gasteiger partial charge >= 0.3 is 0 Å². The van der Waals surface area contributed by atoms with E-state index in [0.717, 1.165) is 36.7 Å². The molecule has 0 aliphatic carbocycles. The highest BCUT2D eigenvalue weighted by molar-refractivity contribution is 7.22. The highest BCUT2D eigenvalue weighted by Gasteiger charge is 2.10. The third-order valence-electron chi connectivity index (χ3n) is 5.55. The zero-order chi connectivity index (χ0) is 21.9. The van der Waals surface area contributed by atoms with Crippen molar-refractivity contribution in [2.45, 2.75) is 6.54 Å². The van der Waals surface area contributed by atoms with E-state index < -0.39 is 0 Å². The van der Waals surface area contributed by atoms with E-state index in [1.54, 1.807) is 11.3 Å². The largest absolute Gasteiger partial charge is 0.361 e. The average Bonchev–Trinajstić information content (AvgIpc) is 3.44. The number of hydrogen-bond donors (Lipinski definition) is 3. The van der Waals surface area contributed by atoms with Crippen LogP contribution in [0.25, 0.3) is 31.4 Å². The predicted octanol–water partition coefficient (Wildman–Crippen LogP) is 5.84. The number of anilines is 2. The molecule has 6 heteroatoms. The van der Waals surface area contributed by atoms with Gasteiger partial charge in [0, 0.05) is 53.5 Å². The minimum atomic E-state index is 0.893. The standard InChI is InChI=1S/C26H27N5S/c1-31(2)14-13-27-17-18-3-5-19(6-4-18)24-16-21-10-12-29-26(25(21)32-24)30-22-7-8-23-20(15-22)9-11-28-23/h3-12,15-16,27-28H,13-14,17H2,1-2H3,(H,29,30). The van der Waals surface area contributed by atoms with Crippen LogP contribution in [0.3, 0.4) is 0 Å². The van der Waals surface area contributed by atoms with Crippen molar-refractivity contribution in [2.75, 3.05) is 32.5 Å². The van der Waals surface area contributed by atoms with Crippen LogP contribution in [-0.2, 0) is 6.54 Å². The first-order valence-corrected chi connectivity index (χ1v) is 11.6. The fraction of sp³-hybridized carbons (Fsp3) is 0.192. The summed E-state index contributed by atoms with van der Waals surface area (Å²) in [7, 11) is 4.19. The Morgan fingerprint density at radius 2 is 1.84 bits per heavy atom. The Bertz CT molecular complexity index is 1330. The van der Waals surface area contributed by atoms with Gasteiger partial charge in [0.25, 0.3) is 0 Å². The van der Waals surface area contributed by atoms with Gasteiger partial charge in [-0.05, 0) is 67.0 Å². The smallest absolute Gasteiger partial charge is 0.148 e. The maximum Gasteiger partial charge on any atom is 0.148 e. The summed E-state index contributed by atoms with van der Waals surface area (Å²) in [4.78, 5) is 11.3. The number of pyridine rings is 1. The van der Waals surface area contributed by atoms with Gasteiger partial charge in [-0.3, -0.25) is 0 Å². The number of aromatic nitrogens is 2. The Hall–Kier alpha value is -3.19. The lowest BCUT2D eigenvalue weighted by Crippen LogP contribution is -2.26. The maximum atomic E-state index is 4.62. The maximum absolute atomic E-state index is 4.62. The van der Waals surface area contributed by atoms with Crippen molar-refractivity contribution in [1.82, 2.24) is 20.2 Å². The van der Waals surface area contributed by atoms with Gasteiger partial charge in [-0.2, -0.15) is 0 Å². The number of nitrogens with one attached hydrogen (secondary N) is 3. The summed E-state index contributed by atoms with van der Waals surface area (Å²) < 4.78 is 1.17. The summed E-state index contributed by atoms with van der Waals surface area (Å²) in [6.45, 7) is 2.93. The molecule has 0 bridgehead atoms. The molecule has 2 aromatic carbocycles. The molecule has 3 heterocycles. The number of aromatic amines is 1. The van der Waals surface area contributed by atoms with Crippen molar-refractivity contribution in [3.63, 3.8) is 0 Å². The Morgan fingerprint density at radius 3 is 2.69 bits per heavy atom. The normalized spacial score (nSPS) is 11.6. The molecule has 162 valence electrons. The quantitative estimate of drug-likeness (QED) is 0.265. The zero-order valence-electron chi connectivity index (χ0n) is 18.4. The van der Waals surface area contributed by atoms with E-state index in [9.17, 15) is 0 Å². The summed E-state index contributed by atoms with van der Waals surface area (Å²) in [5.41, 5.74) is 4.72. The first-order chi connectivity index (χ1) is 15.7. The van der Waals surface area contributed by atoms with Gasteiger partial charge in [-0.25, -0.2) is 4.98 Å². The number of benzene rings is 2. The molecule has 5 nitrogen and oxygen atoms in total. The molecule has 0 radical (unpaired) electrons. The van der Waals surface area contributed by atoms with Crippen LogP contribution in [0.15, 0.2) is 73.1 Å². The average molecular weight is 442 g/mol. The van der Waals surface area contributed by atoms with Crippen LogP contribution in [0.1, 0.15) is 5.56 Å². The molecular formula is C26H27N5S. The third-order valence-corrected chi connectivity index (χ3v) is 6.76. The Morgan fingerprint density at radius 1 is 0.969 bits per heavy atom. The van der Waals surface area contributed by atoms with Crippen LogP contribution < -0.4 is 10.6 Å². The van der Waals surface area contributed by atoms with Gasteiger partial charge in [0.2, 0.25) is 0 Å². The summed E-state index contributed by atoms with van der Waals surface area (Å²) in [6.07, 6.45) is 3.84. The van der Waals surface area contributed by atoms with Gasteiger partial charge < -0.3 is 20.5 Å². The van der Waals surface area contributed by atoms with E-state index in [0.29, 0.717) is 0 Å². The van der Waals surface area contributed by atoms with Crippen molar-refractivity contribution in [3.05, 3.63) is 78.6 Å². The molecule has 3 aromatic heterocycles. The second-order valence-electron chi connectivity index (χ2n) is 8.27. The van der Waals surface area contributed by atoms with Crippen molar-refractivity contribution < 1.29 is 0 Å². The minimum absolute atomic E-state index is 0.893. The van der Waals surface area contributed by atoms with Crippen molar-refractivity contribution in [1.29, 1.82) is 0 Å². The van der Waals surface area contributed by atoms with Crippen LogP contribution in [0.4, 0.5) is 11.5 Å². The van der Waals surface area contributed by atoms with E-state index in [4.69, 9.17) is 0 Å². The van der Waals surface area contributed by atoms with E-state index in [1.807, 2.05) is 12.4 Å². The second-order valence-corrected chi connectivity index (χ2v) is 9.32. The number of fused-ring (bicyclic) bond motifs is 2. The van der Waals surface area contributed by atoms with Gasteiger partial charge in [0.05, 0.1) is 4.70 Å². The summed E-state index contributed by atoms with van der Waals surface area (Å²) >= 11 is 1.78. The minimum Gasteiger partial charge on any atom is -0.361 e. The van der Waals surface area contributed by atoms with Gasteiger partial charge in [0.1, 0.15) is 5.82 Å². The van der Waals surface area contributed by atoms with Crippen molar-refractivity contribution in [2.24, 2.45) is 0 Å². The first kappa shape index (κ1) is 20.7. The number of thiophene rings is 1. The highest BCUT2D eigenvalue weighted by Crippen LogP contribution is 2.37. The molecule has 0 atom stereocenters. The molecule has 0 aliphatic heterocycles. The van der Waals surface area contributed by atoms with E-state index in [1.165, 1.54) is 31.5 Å². The molecule has 0 amide bonds. The molecule has 0 fully saturated rings. The van der Waals surface area contributed by atoms with Gasteiger partial charge in [-0.1, -0.05) is 24.3 Å². The molecule has 3 N–H and O–H groups in total. The highest BCUT2D eigenvalue weighted by atomic mass is 32.1. The van der Waals surface area contributed by atoms with E-state index in [-0.39, 0.29) is 0 Å². The number of nitrogens with zero attached hydrogens (tertiary/aromatic N) is 2. The van der Waals surface area contributed by atoms with Crippen LogP contribution in [0.2, 0.25) is 0 Å². The number of rotatable bonds is 8. The van der Waals surface area contributed by atoms with Crippen LogP contribution in [-0.4, -0.2) is 42.1 Å². The molecule has 0 saturated carbocycles. The Kier molecular flexibility index (Phi) is 5.90. The van der Waals surface area contributed by atoms with Crippen LogP contribution in [0, 0.1) is 0 Å². The first-order valence-electron chi connectivity index (χ1n) is 10.8. The van der Waals surface area contributed by atoms with E-state index in [2.05, 4.69) is 100 Å². The van der Waals surface area contributed by atoms with Crippen molar-refractivity contribution in [3.8, 4) is 10.4 Å². The van der Waals surface area contributed by atoms with Gasteiger partial charge in [-0.15, -0.1) is 11.3 Å². The molecule has 32 heavy (non-hydrogen) atoms. The lowest BCUT2D eigenvalue weighted by molar-refractivity contribution is 0.400. The summed E-state index contributed by atoms with van der Waals surface area (Å²) in [6, 6.07) is 21.6. The third kappa shape index (κ3) is 4.53.